The minimum atomic E-state index is -1.42. The van der Waals surface area contributed by atoms with E-state index >= 15 is 0 Å². The third-order valence-corrected chi connectivity index (χ3v) is 3.24. The predicted octanol–water partition coefficient (Wildman–Crippen LogP) is 0.481. The Morgan fingerprint density at radius 1 is 1.50 bits per heavy atom. The molecule has 5 unspecified atom stereocenters. The van der Waals surface area contributed by atoms with Gasteiger partial charge >= 0.3 is 0 Å². The Bertz CT molecular complexity index is 459. The summed E-state index contributed by atoms with van der Waals surface area (Å²) in [5, 5.41) is 10.1. The van der Waals surface area contributed by atoms with Gasteiger partial charge < -0.3 is 24.1 Å². The van der Waals surface area contributed by atoms with E-state index in [1.807, 2.05) is 24.3 Å². The van der Waals surface area contributed by atoms with Crippen molar-refractivity contribution < 1.29 is 26.8 Å². The van der Waals surface area contributed by atoms with E-state index in [9.17, 15) is 5.11 Å². The van der Waals surface area contributed by atoms with Crippen molar-refractivity contribution in [2.75, 3.05) is 20.8 Å². The first-order valence-corrected chi connectivity index (χ1v) is 6.31. The Morgan fingerprint density at radius 3 is 2.90 bits per heavy atom. The minimum absolute atomic E-state index is 0.0745. The molecule has 1 heterocycles. The fourth-order valence-corrected chi connectivity index (χ4v) is 2.11. The van der Waals surface area contributed by atoms with Crippen LogP contribution in [-0.4, -0.2) is 58.0 Å². The van der Waals surface area contributed by atoms with Crippen LogP contribution in [0.25, 0.3) is 0 Å². The average molecular weight is 281 g/mol. The van der Waals surface area contributed by atoms with Gasteiger partial charge in [0.1, 0.15) is 31.9 Å². The highest BCUT2D eigenvalue weighted by molar-refractivity contribution is 6.11. The van der Waals surface area contributed by atoms with Crippen LogP contribution in [0.4, 0.5) is 0 Å². The van der Waals surface area contributed by atoms with Crippen LogP contribution in [0.3, 0.4) is 0 Å². The van der Waals surface area contributed by atoms with Gasteiger partial charge in [-0.05, 0) is 17.7 Å². The molecular formula is C14H19BO5. The van der Waals surface area contributed by atoms with E-state index in [0.29, 0.717) is 0 Å². The number of aliphatic hydroxyl groups excluding tert-OH is 1. The van der Waals surface area contributed by atoms with Gasteiger partial charge in [-0.3, -0.25) is 0 Å². The molecule has 5 nitrogen and oxygen atoms in total. The highest BCUT2D eigenvalue weighted by atomic mass is 16.6. The number of aliphatic hydroxyl groups is 1. The second-order valence-electron chi connectivity index (χ2n) is 4.59. The van der Waals surface area contributed by atoms with Crippen molar-refractivity contribution in [1.29, 1.82) is 0 Å². The Balaban J connectivity index is 1.86. The molecule has 0 bridgehead atoms. The standard InChI is InChI=1S/C14H19BO5/c1-17-8-11-12(16)13(14(15)20-11)19-7-9-3-5-10(18-2)6-4-9/h3-6,11-14,16H,7-8H2,1-2H3/i1TD. The van der Waals surface area contributed by atoms with Crippen LogP contribution in [0.5, 0.6) is 5.75 Å². The number of hydrogen-bond acceptors (Lipinski definition) is 5. The first-order chi connectivity index (χ1) is 10.5. The molecule has 0 aromatic heterocycles. The summed E-state index contributed by atoms with van der Waals surface area (Å²) in [7, 11) is 5.97. The molecule has 1 aromatic rings. The van der Waals surface area contributed by atoms with Crippen LogP contribution in [-0.2, 0) is 20.8 Å². The van der Waals surface area contributed by atoms with E-state index in [2.05, 4.69) is 0 Å². The molecule has 5 atom stereocenters. The molecule has 0 spiro atoms. The van der Waals surface area contributed by atoms with E-state index < -0.39 is 31.4 Å². The van der Waals surface area contributed by atoms with Gasteiger partial charge in [-0.1, -0.05) is 12.1 Å². The molecule has 1 saturated heterocycles. The molecular weight excluding hydrogens is 259 g/mol. The molecule has 1 N–H and O–H groups in total. The van der Waals surface area contributed by atoms with Gasteiger partial charge in [-0.2, -0.15) is 0 Å². The van der Waals surface area contributed by atoms with Crippen molar-refractivity contribution in [2.24, 2.45) is 0 Å². The maximum atomic E-state index is 10.1. The van der Waals surface area contributed by atoms with Crippen LogP contribution in [0.15, 0.2) is 24.3 Å². The quantitative estimate of drug-likeness (QED) is 0.769. The minimum Gasteiger partial charge on any atom is -0.497 e. The van der Waals surface area contributed by atoms with E-state index in [-0.39, 0.29) is 13.2 Å². The first-order valence-electron chi connectivity index (χ1n) is 7.46. The maximum absolute atomic E-state index is 10.1. The third kappa shape index (κ3) is 3.52. The second kappa shape index (κ2) is 7.08. The van der Waals surface area contributed by atoms with Gasteiger partial charge in [0.2, 0.25) is 0 Å². The molecule has 1 aliphatic heterocycles. The molecule has 108 valence electrons. The number of ether oxygens (including phenoxy) is 4. The first kappa shape index (κ1) is 12.6. The van der Waals surface area contributed by atoms with E-state index in [4.69, 9.17) is 29.5 Å². The highest BCUT2D eigenvalue weighted by Crippen LogP contribution is 2.24. The number of methoxy groups -OCH3 is 2. The van der Waals surface area contributed by atoms with Gasteiger partial charge in [-0.15, -0.1) is 0 Å². The summed E-state index contributed by atoms with van der Waals surface area (Å²) in [6, 6.07) is 6.58. The Labute approximate surface area is 123 Å². The lowest BCUT2D eigenvalue weighted by Gasteiger charge is -2.19. The second-order valence-corrected chi connectivity index (χ2v) is 4.59. The lowest BCUT2D eigenvalue weighted by molar-refractivity contribution is -0.0391. The Hall–Kier alpha value is -1.08. The molecule has 0 saturated carbocycles. The Morgan fingerprint density at radius 2 is 2.25 bits per heavy atom. The number of rotatable bonds is 6. The van der Waals surface area contributed by atoms with Gasteiger partial charge in [-0.25, -0.2) is 0 Å². The maximum Gasteiger partial charge on any atom is 0.118 e. The normalized spacial score (nSPS) is 32.5. The molecule has 1 aliphatic rings. The summed E-state index contributed by atoms with van der Waals surface area (Å²) in [6.45, 7) is 0.199. The summed E-state index contributed by atoms with van der Waals surface area (Å²) in [5.74, 6) is 0.752. The molecule has 1 aromatic carbocycles. The summed E-state index contributed by atoms with van der Waals surface area (Å²) in [4.78, 5) is 0. The fourth-order valence-electron chi connectivity index (χ4n) is 2.11. The Kier molecular flexibility index (Phi) is 4.48. The molecule has 0 amide bonds. The van der Waals surface area contributed by atoms with Crippen molar-refractivity contribution in [3.63, 3.8) is 0 Å². The predicted molar refractivity (Wildman–Crippen MR) is 73.9 cm³/mol. The molecule has 2 rings (SSSR count). The van der Waals surface area contributed by atoms with Crippen molar-refractivity contribution in [3.05, 3.63) is 29.8 Å². The van der Waals surface area contributed by atoms with Crippen molar-refractivity contribution in [3.8, 4) is 5.75 Å². The highest BCUT2D eigenvalue weighted by Gasteiger charge is 2.41. The van der Waals surface area contributed by atoms with E-state index in [0.717, 1.165) is 11.3 Å². The van der Waals surface area contributed by atoms with Crippen molar-refractivity contribution in [2.45, 2.75) is 30.9 Å². The zero-order chi connectivity index (χ0) is 16.1. The lowest BCUT2D eigenvalue weighted by Crippen LogP contribution is -2.36. The third-order valence-electron chi connectivity index (χ3n) is 3.24. The molecule has 0 aliphatic carbocycles. The van der Waals surface area contributed by atoms with E-state index in [1.165, 1.54) is 0 Å². The number of hydrogen-bond donors (Lipinski definition) is 1. The summed E-state index contributed by atoms with van der Waals surface area (Å²) in [5.41, 5.74) is 0.914. The van der Waals surface area contributed by atoms with Gasteiger partial charge in [0.25, 0.3) is 0 Å². The van der Waals surface area contributed by atoms with Crippen LogP contribution < -0.4 is 4.74 Å². The molecule has 6 heteroatoms. The molecule has 2 radical (unpaired) electrons. The average Bonchev–Trinajstić information content (AvgIpc) is 2.78. The summed E-state index contributed by atoms with van der Waals surface area (Å²) >= 11 is 0. The zero-order valence-corrected chi connectivity index (χ0v) is 11.3. The van der Waals surface area contributed by atoms with Crippen molar-refractivity contribution >= 4 is 7.85 Å². The van der Waals surface area contributed by atoms with Gasteiger partial charge in [0, 0.05) is 13.1 Å². The van der Waals surface area contributed by atoms with Crippen LogP contribution >= 0.6 is 0 Å². The van der Waals surface area contributed by atoms with Crippen LogP contribution in [0.1, 0.15) is 8.30 Å². The topological polar surface area (TPSA) is 57.2 Å². The largest absolute Gasteiger partial charge is 0.497 e. The zero-order valence-electron chi connectivity index (χ0n) is 13.3. The smallest absolute Gasteiger partial charge is 0.118 e. The monoisotopic (exact) mass is 281 g/mol. The van der Waals surface area contributed by atoms with Crippen LogP contribution in [0, 0.1) is 0 Å². The summed E-state index contributed by atoms with van der Waals surface area (Å²) in [6.07, 6.45) is -2.35. The van der Waals surface area contributed by atoms with E-state index in [1.54, 1.807) is 7.11 Å². The lowest BCUT2D eigenvalue weighted by atomic mass is 9.93. The van der Waals surface area contributed by atoms with Gasteiger partial charge in [0.15, 0.2) is 0 Å². The number of benzene rings is 1. The fraction of sp³-hybridized carbons (Fsp3) is 0.571. The summed E-state index contributed by atoms with van der Waals surface area (Å²) < 4.78 is 34.8. The SMILES string of the molecule is [2H]C([3H])OCC1OC([B])C(OCc2ccc(OC)cc2)C1O. The van der Waals surface area contributed by atoms with Gasteiger partial charge in [0.05, 0.1) is 23.1 Å². The van der Waals surface area contributed by atoms with Crippen molar-refractivity contribution in [1.82, 2.24) is 0 Å². The van der Waals surface area contributed by atoms with Crippen LogP contribution in [0.2, 0.25) is 0 Å². The molecule has 20 heavy (non-hydrogen) atoms. The molecule has 1 fully saturated rings.